The maximum Gasteiger partial charge on any atom is 0.312 e. The smallest absolute Gasteiger partial charge is 0.312 e. The molecular weight excluding hydrogens is 256 g/mol. The molecule has 2 amide bonds. The van der Waals surface area contributed by atoms with Crippen molar-refractivity contribution < 1.29 is 9.59 Å². The van der Waals surface area contributed by atoms with Gasteiger partial charge in [-0.15, -0.1) is 0 Å². The summed E-state index contributed by atoms with van der Waals surface area (Å²) in [5, 5.41) is 2.94. The Morgan fingerprint density at radius 3 is 2.55 bits per heavy atom. The van der Waals surface area contributed by atoms with Crippen molar-refractivity contribution >= 4 is 17.6 Å². The third-order valence-corrected chi connectivity index (χ3v) is 3.42. The van der Waals surface area contributed by atoms with Crippen LogP contribution in [-0.4, -0.2) is 52.8 Å². The molecule has 0 aliphatic carbocycles. The van der Waals surface area contributed by atoms with E-state index < -0.39 is 11.8 Å². The molecule has 0 atom stereocenters. The summed E-state index contributed by atoms with van der Waals surface area (Å²) >= 11 is 0. The van der Waals surface area contributed by atoms with E-state index in [4.69, 9.17) is 0 Å². The van der Waals surface area contributed by atoms with Crippen LogP contribution in [0.15, 0.2) is 18.3 Å². The van der Waals surface area contributed by atoms with Gasteiger partial charge in [-0.3, -0.25) is 9.59 Å². The molecule has 1 fully saturated rings. The molecule has 0 radical (unpaired) electrons. The van der Waals surface area contributed by atoms with Gasteiger partial charge in [0.05, 0.1) is 0 Å². The molecule has 0 saturated carbocycles. The van der Waals surface area contributed by atoms with Crippen LogP contribution in [0.4, 0.5) is 5.82 Å². The lowest BCUT2D eigenvalue weighted by Crippen LogP contribution is -2.55. The molecule has 1 saturated heterocycles. The van der Waals surface area contributed by atoms with E-state index in [0.717, 1.165) is 11.4 Å². The summed E-state index contributed by atoms with van der Waals surface area (Å²) in [6.07, 6.45) is 1.72. The van der Waals surface area contributed by atoms with Crippen LogP contribution in [-0.2, 0) is 16.1 Å². The number of amides is 2. The maximum absolute atomic E-state index is 12.1. The SMILES string of the molecule is CNc1ccc(CN2CCN(C(C)C)C(=O)C2=O)cn1. The molecule has 20 heavy (non-hydrogen) atoms. The van der Waals surface area contributed by atoms with Crippen molar-refractivity contribution in [3.8, 4) is 0 Å². The average molecular weight is 276 g/mol. The third kappa shape index (κ3) is 2.89. The van der Waals surface area contributed by atoms with Gasteiger partial charge in [-0.25, -0.2) is 4.98 Å². The van der Waals surface area contributed by atoms with Gasteiger partial charge in [-0.05, 0) is 25.5 Å². The van der Waals surface area contributed by atoms with Crippen LogP contribution >= 0.6 is 0 Å². The Balaban J connectivity index is 2.03. The van der Waals surface area contributed by atoms with Crippen LogP contribution in [0.25, 0.3) is 0 Å². The summed E-state index contributed by atoms with van der Waals surface area (Å²) in [7, 11) is 1.80. The number of anilines is 1. The first-order valence-corrected chi connectivity index (χ1v) is 6.75. The summed E-state index contributed by atoms with van der Waals surface area (Å²) < 4.78 is 0. The highest BCUT2D eigenvalue weighted by Crippen LogP contribution is 2.13. The Hall–Kier alpha value is -2.11. The number of hydrogen-bond acceptors (Lipinski definition) is 4. The zero-order valence-corrected chi connectivity index (χ0v) is 12.1. The van der Waals surface area contributed by atoms with Gasteiger partial charge in [0.15, 0.2) is 0 Å². The minimum Gasteiger partial charge on any atom is -0.373 e. The Labute approximate surface area is 118 Å². The van der Waals surface area contributed by atoms with Crippen LogP contribution in [0.1, 0.15) is 19.4 Å². The minimum atomic E-state index is -0.428. The third-order valence-electron chi connectivity index (χ3n) is 3.42. The lowest BCUT2D eigenvalue weighted by atomic mass is 10.2. The lowest BCUT2D eigenvalue weighted by molar-refractivity contribution is -0.157. The number of aromatic nitrogens is 1. The van der Waals surface area contributed by atoms with Crippen LogP contribution in [0.3, 0.4) is 0 Å². The molecular formula is C14H20N4O2. The van der Waals surface area contributed by atoms with E-state index in [0.29, 0.717) is 19.6 Å². The first-order valence-electron chi connectivity index (χ1n) is 6.75. The van der Waals surface area contributed by atoms with Crippen molar-refractivity contribution in [2.45, 2.75) is 26.4 Å². The molecule has 1 aromatic rings. The van der Waals surface area contributed by atoms with E-state index in [-0.39, 0.29) is 6.04 Å². The molecule has 0 bridgehead atoms. The van der Waals surface area contributed by atoms with Gasteiger partial charge < -0.3 is 15.1 Å². The van der Waals surface area contributed by atoms with Crippen molar-refractivity contribution in [3.05, 3.63) is 23.9 Å². The van der Waals surface area contributed by atoms with Crippen molar-refractivity contribution in [1.29, 1.82) is 0 Å². The monoisotopic (exact) mass is 276 g/mol. The van der Waals surface area contributed by atoms with Gasteiger partial charge in [-0.1, -0.05) is 6.07 Å². The Kier molecular flexibility index (Phi) is 4.22. The molecule has 6 heteroatoms. The Morgan fingerprint density at radius 1 is 1.25 bits per heavy atom. The Morgan fingerprint density at radius 2 is 2.00 bits per heavy atom. The number of nitrogens with one attached hydrogen (secondary N) is 1. The molecule has 0 aromatic carbocycles. The number of rotatable bonds is 4. The predicted molar refractivity (Wildman–Crippen MR) is 76.0 cm³/mol. The zero-order valence-electron chi connectivity index (χ0n) is 12.1. The Bertz CT molecular complexity index is 498. The van der Waals surface area contributed by atoms with Gasteiger partial charge in [0.25, 0.3) is 0 Å². The van der Waals surface area contributed by atoms with Gasteiger partial charge in [0.2, 0.25) is 0 Å². The molecule has 1 aliphatic rings. The lowest BCUT2D eigenvalue weighted by Gasteiger charge is -2.36. The molecule has 2 rings (SSSR count). The zero-order chi connectivity index (χ0) is 14.7. The van der Waals surface area contributed by atoms with Crippen LogP contribution in [0, 0.1) is 0 Å². The normalized spacial score (nSPS) is 16.0. The summed E-state index contributed by atoms with van der Waals surface area (Å²) in [4.78, 5) is 31.4. The number of hydrogen-bond donors (Lipinski definition) is 1. The first kappa shape index (κ1) is 14.3. The van der Waals surface area contributed by atoms with Crippen LogP contribution < -0.4 is 5.32 Å². The predicted octanol–water partition coefficient (Wildman–Crippen LogP) is 0.702. The minimum absolute atomic E-state index is 0.0604. The van der Waals surface area contributed by atoms with E-state index in [2.05, 4.69) is 10.3 Å². The van der Waals surface area contributed by atoms with E-state index in [1.807, 2.05) is 26.0 Å². The quantitative estimate of drug-likeness (QED) is 0.822. The molecule has 108 valence electrons. The highest BCUT2D eigenvalue weighted by molar-refractivity contribution is 6.35. The summed E-state index contributed by atoms with van der Waals surface area (Å²) in [6, 6.07) is 3.82. The summed E-state index contributed by atoms with van der Waals surface area (Å²) in [5.74, 6) is -0.0607. The second-order valence-corrected chi connectivity index (χ2v) is 5.12. The number of piperazine rings is 1. The second-order valence-electron chi connectivity index (χ2n) is 5.12. The highest BCUT2D eigenvalue weighted by atomic mass is 16.2. The molecule has 0 spiro atoms. The van der Waals surface area contributed by atoms with Crippen molar-refractivity contribution in [2.75, 3.05) is 25.5 Å². The fourth-order valence-corrected chi connectivity index (χ4v) is 2.22. The number of pyridine rings is 1. The number of carbonyl (C=O) groups is 2. The van der Waals surface area contributed by atoms with E-state index in [1.54, 1.807) is 23.0 Å². The number of carbonyl (C=O) groups excluding carboxylic acids is 2. The highest BCUT2D eigenvalue weighted by Gasteiger charge is 2.33. The molecule has 1 aliphatic heterocycles. The molecule has 1 aromatic heterocycles. The van der Waals surface area contributed by atoms with Crippen molar-refractivity contribution in [1.82, 2.24) is 14.8 Å². The summed E-state index contributed by atoms with van der Waals surface area (Å²) in [5.41, 5.74) is 0.920. The van der Waals surface area contributed by atoms with Crippen LogP contribution in [0.5, 0.6) is 0 Å². The van der Waals surface area contributed by atoms with E-state index in [9.17, 15) is 9.59 Å². The molecule has 2 heterocycles. The second kappa shape index (κ2) is 5.90. The van der Waals surface area contributed by atoms with Crippen molar-refractivity contribution in [3.63, 3.8) is 0 Å². The summed E-state index contributed by atoms with van der Waals surface area (Å²) in [6.45, 7) is 5.41. The molecule has 0 unspecified atom stereocenters. The fraction of sp³-hybridized carbons (Fsp3) is 0.500. The molecule has 6 nitrogen and oxygen atoms in total. The molecule has 1 N–H and O–H groups in total. The van der Waals surface area contributed by atoms with Crippen LogP contribution in [0.2, 0.25) is 0 Å². The van der Waals surface area contributed by atoms with Crippen molar-refractivity contribution in [2.24, 2.45) is 0 Å². The van der Waals surface area contributed by atoms with Gasteiger partial charge in [-0.2, -0.15) is 0 Å². The maximum atomic E-state index is 12.1. The topological polar surface area (TPSA) is 65.5 Å². The standard InChI is InChI=1S/C14H20N4O2/c1-10(2)18-7-6-17(13(19)14(18)20)9-11-4-5-12(15-3)16-8-11/h4-5,8,10H,6-7,9H2,1-3H3,(H,15,16). The fourth-order valence-electron chi connectivity index (χ4n) is 2.22. The van der Waals surface area contributed by atoms with E-state index in [1.165, 1.54) is 0 Å². The van der Waals surface area contributed by atoms with E-state index >= 15 is 0 Å². The first-order chi connectivity index (χ1) is 9.52. The van der Waals surface area contributed by atoms with Gasteiger partial charge >= 0.3 is 11.8 Å². The van der Waals surface area contributed by atoms with Gasteiger partial charge in [0.1, 0.15) is 5.82 Å². The van der Waals surface area contributed by atoms with Gasteiger partial charge in [0, 0.05) is 38.9 Å². The average Bonchev–Trinajstić information content (AvgIpc) is 2.44. The number of nitrogens with zero attached hydrogens (tertiary/aromatic N) is 3. The largest absolute Gasteiger partial charge is 0.373 e.